The Morgan fingerprint density at radius 3 is 2.27 bits per heavy atom. The Morgan fingerprint density at radius 1 is 1.23 bits per heavy atom. The second-order valence-corrected chi connectivity index (χ2v) is 7.87. The molecule has 2 atom stereocenters. The average Bonchev–Trinajstić information content (AvgIpc) is 2.36. The number of sulfonamides is 1. The van der Waals surface area contributed by atoms with Gasteiger partial charge in [-0.2, -0.15) is 4.31 Å². The van der Waals surface area contributed by atoms with Crippen molar-refractivity contribution in [1.82, 2.24) is 4.31 Å². The summed E-state index contributed by atoms with van der Waals surface area (Å²) in [6.45, 7) is 3.89. The third-order valence-corrected chi connectivity index (χ3v) is 5.86. The van der Waals surface area contributed by atoms with Crippen molar-refractivity contribution in [2.45, 2.75) is 31.0 Å². The van der Waals surface area contributed by atoms with Crippen molar-refractivity contribution in [2.24, 2.45) is 0 Å². The van der Waals surface area contributed by atoms with Crippen LogP contribution in [0.2, 0.25) is 10.0 Å². The Labute approximate surface area is 138 Å². The van der Waals surface area contributed by atoms with E-state index < -0.39 is 16.0 Å². The van der Waals surface area contributed by atoms with Crippen LogP contribution in [-0.4, -0.2) is 49.1 Å². The molecule has 0 aliphatic carbocycles. The van der Waals surface area contributed by atoms with Gasteiger partial charge in [0.25, 0.3) is 0 Å². The molecule has 0 spiro atoms. The topological polar surface area (TPSA) is 83.9 Å². The molecule has 1 aliphatic rings. The normalized spacial score (nSPS) is 23.5. The maximum absolute atomic E-state index is 12.7. The van der Waals surface area contributed by atoms with Gasteiger partial charge in [-0.25, -0.2) is 13.2 Å². The minimum absolute atomic E-state index is 0.109. The Bertz CT molecular complexity index is 697. The second kappa shape index (κ2) is 6.33. The van der Waals surface area contributed by atoms with Gasteiger partial charge in [-0.05, 0) is 26.0 Å². The van der Waals surface area contributed by atoms with Gasteiger partial charge in [0.15, 0.2) is 0 Å². The molecule has 1 aliphatic heterocycles. The maximum atomic E-state index is 12.7. The molecule has 22 heavy (non-hydrogen) atoms. The minimum Gasteiger partial charge on any atom is -0.478 e. The highest BCUT2D eigenvalue weighted by Crippen LogP contribution is 2.31. The number of carbonyl (C=O) groups is 1. The van der Waals surface area contributed by atoms with E-state index in [-0.39, 0.29) is 45.8 Å². The first kappa shape index (κ1) is 17.5. The van der Waals surface area contributed by atoms with Crippen LogP contribution in [0.1, 0.15) is 24.2 Å². The number of benzene rings is 1. The Balaban J connectivity index is 2.49. The van der Waals surface area contributed by atoms with E-state index in [9.17, 15) is 13.2 Å². The highest BCUT2D eigenvalue weighted by Gasteiger charge is 2.34. The van der Waals surface area contributed by atoms with Gasteiger partial charge < -0.3 is 9.84 Å². The summed E-state index contributed by atoms with van der Waals surface area (Å²) < 4.78 is 32.2. The van der Waals surface area contributed by atoms with Crippen LogP contribution >= 0.6 is 23.2 Å². The first-order chi connectivity index (χ1) is 10.1. The van der Waals surface area contributed by atoms with Gasteiger partial charge in [0.1, 0.15) is 4.90 Å². The summed E-state index contributed by atoms with van der Waals surface area (Å²) >= 11 is 11.8. The third kappa shape index (κ3) is 3.38. The number of carboxylic acid groups (broad SMARTS) is 1. The van der Waals surface area contributed by atoms with Crippen LogP contribution in [-0.2, 0) is 14.8 Å². The Hall–Kier alpha value is -0.860. The number of morpholine rings is 1. The first-order valence-electron chi connectivity index (χ1n) is 6.51. The number of hydrogen-bond donors (Lipinski definition) is 1. The molecule has 1 fully saturated rings. The molecule has 9 heteroatoms. The molecular formula is C13H15Cl2NO5S. The van der Waals surface area contributed by atoms with E-state index in [1.165, 1.54) is 4.31 Å². The number of ether oxygens (including phenoxy) is 1. The summed E-state index contributed by atoms with van der Waals surface area (Å²) in [5.41, 5.74) is -0.306. The highest BCUT2D eigenvalue weighted by molar-refractivity contribution is 7.89. The zero-order valence-electron chi connectivity index (χ0n) is 11.9. The molecular weight excluding hydrogens is 353 g/mol. The van der Waals surface area contributed by atoms with Crippen molar-refractivity contribution >= 4 is 39.2 Å². The predicted octanol–water partition coefficient (Wildman–Crippen LogP) is 2.49. The zero-order chi connectivity index (χ0) is 16.7. The van der Waals surface area contributed by atoms with Crippen molar-refractivity contribution < 1.29 is 23.1 Å². The lowest BCUT2D eigenvalue weighted by atomic mass is 10.2. The smallest absolute Gasteiger partial charge is 0.337 e. The summed E-state index contributed by atoms with van der Waals surface area (Å²) in [7, 11) is -3.93. The van der Waals surface area contributed by atoms with Crippen LogP contribution < -0.4 is 0 Å². The lowest BCUT2D eigenvalue weighted by Crippen LogP contribution is -2.48. The molecule has 0 saturated carbocycles. The van der Waals surface area contributed by atoms with Gasteiger partial charge in [0, 0.05) is 13.1 Å². The van der Waals surface area contributed by atoms with Crippen molar-refractivity contribution in [3.8, 4) is 0 Å². The molecule has 0 bridgehead atoms. The fraction of sp³-hybridized carbons (Fsp3) is 0.462. The van der Waals surface area contributed by atoms with Crippen LogP contribution in [0.3, 0.4) is 0 Å². The first-order valence-corrected chi connectivity index (χ1v) is 8.70. The van der Waals surface area contributed by atoms with Crippen molar-refractivity contribution in [3.63, 3.8) is 0 Å². The van der Waals surface area contributed by atoms with Crippen LogP contribution in [0.15, 0.2) is 17.0 Å². The quantitative estimate of drug-likeness (QED) is 0.886. The van der Waals surface area contributed by atoms with Crippen molar-refractivity contribution in [3.05, 3.63) is 27.7 Å². The fourth-order valence-electron chi connectivity index (χ4n) is 2.36. The van der Waals surface area contributed by atoms with Gasteiger partial charge in [0.2, 0.25) is 10.0 Å². The number of aromatic carboxylic acids is 1. The van der Waals surface area contributed by atoms with E-state index in [0.29, 0.717) is 0 Å². The standard InChI is InChI=1S/C13H15Cl2NO5S/c1-7-5-16(6-8(2)21-7)22(19,20)12-3-9(13(17)18)10(14)4-11(12)15/h3-4,7-8H,5-6H2,1-2H3,(H,17,18)/t7-,8+. The minimum atomic E-state index is -3.93. The summed E-state index contributed by atoms with van der Waals surface area (Å²) in [5, 5.41) is 8.86. The Morgan fingerprint density at radius 2 is 1.77 bits per heavy atom. The monoisotopic (exact) mass is 367 g/mol. The highest BCUT2D eigenvalue weighted by atomic mass is 35.5. The second-order valence-electron chi connectivity index (χ2n) is 5.15. The van der Waals surface area contributed by atoms with Crippen molar-refractivity contribution in [1.29, 1.82) is 0 Å². The van der Waals surface area contributed by atoms with E-state index in [1.54, 1.807) is 13.8 Å². The summed E-state index contributed by atoms with van der Waals surface area (Å²) in [5.74, 6) is -1.32. The van der Waals surface area contributed by atoms with Crippen LogP contribution in [0.25, 0.3) is 0 Å². The van der Waals surface area contributed by atoms with Crippen molar-refractivity contribution in [2.75, 3.05) is 13.1 Å². The number of hydrogen-bond acceptors (Lipinski definition) is 4. The molecule has 1 aromatic carbocycles. The number of nitrogens with zero attached hydrogens (tertiary/aromatic N) is 1. The molecule has 6 nitrogen and oxygen atoms in total. The van der Waals surface area contributed by atoms with Gasteiger partial charge in [0.05, 0.1) is 27.8 Å². The molecule has 0 unspecified atom stereocenters. The summed E-state index contributed by atoms with van der Waals surface area (Å²) in [6.07, 6.45) is -0.521. The van der Waals surface area contributed by atoms with Crippen LogP contribution in [0, 0.1) is 0 Å². The molecule has 1 saturated heterocycles. The average molecular weight is 368 g/mol. The molecule has 0 radical (unpaired) electrons. The molecule has 1 heterocycles. The molecule has 1 aromatic rings. The number of rotatable bonds is 3. The molecule has 0 amide bonds. The van der Waals surface area contributed by atoms with E-state index in [2.05, 4.69) is 0 Å². The molecule has 1 N–H and O–H groups in total. The maximum Gasteiger partial charge on any atom is 0.337 e. The number of halogens is 2. The Kier molecular flexibility index (Phi) is 5.03. The van der Waals surface area contributed by atoms with Gasteiger partial charge >= 0.3 is 5.97 Å². The molecule has 2 rings (SSSR count). The summed E-state index contributed by atoms with van der Waals surface area (Å²) in [6, 6.07) is 2.12. The largest absolute Gasteiger partial charge is 0.478 e. The van der Waals surface area contributed by atoms with Gasteiger partial charge in [-0.1, -0.05) is 23.2 Å². The van der Waals surface area contributed by atoms with E-state index in [0.717, 1.165) is 12.1 Å². The number of carboxylic acids is 1. The summed E-state index contributed by atoms with van der Waals surface area (Å²) in [4.78, 5) is 10.9. The van der Waals surface area contributed by atoms with E-state index in [1.807, 2.05) is 0 Å². The van der Waals surface area contributed by atoms with Gasteiger partial charge in [-0.15, -0.1) is 0 Å². The lowest BCUT2D eigenvalue weighted by Gasteiger charge is -2.34. The van der Waals surface area contributed by atoms with Gasteiger partial charge in [-0.3, -0.25) is 0 Å². The SMILES string of the molecule is C[C@@H]1CN(S(=O)(=O)c2cc(C(=O)O)c(Cl)cc2Cl)C[C@H](C)O1. The van der Waals surface area contributed by atoms with Crippen LogP contribution in [0.4, 0.5) is 0 Å². The van der Waals surface area contributed by atoms with Crippen LogP contribution in [0.5, 0.6) is 0 Å². The van der Waals surface area contributed by atoms with E-state index >= 15 is 0 Å². The van der Waals surface area contributed by atoms with E-state index in [4.69, 9.17) is 33.0 Å². The fourth-order valence-corrected chi connectivity index (χ4v) is 4.78. The molecule has 122 valence electrons. The predicted molar refractivity (Wildman–Crippen MR) is 82.2 cm³/mol. The lowest BCUT2D eigenvalue weighted by molar-refractivity contribution is -0.0440. The third-order valence-electron chi connectivity index (χ3n) is 3.26. The zero-order valence-corrected chi connectivity index (χ0v) is 14.2. The molecule has 0 aromatic heterocycles.